The van der Waals surface area contributed by atoms with E-state index < -0.39 is 0 Å². The first-order chi connectivity index (χ1) is 12.0. The summed E-state index contributed by atoms with van der Waals surface area (Å²) >= 11 is 0. The van der Waals surface area contributed by atoms with Crippen molar-refractivity contribution in [1.82, 2.24) is 10.2 Å². The molecule has 138 valence electrons. The van der Waals surface area contributed by atoms with Crippen molar-refractivity contribution in [3.8, 4) is 5.75 Å². The van der Waals surface area contributed by atoms with Crippen molar-refractivity contribution in [1.29, 1.82) is 0 Å². The molecule has 1 fully saturated rings. The van der Waals surface area contributed by atoms with Crippen molar-refractivity contribution in [3.05, 3.63) is 24.3 Å². The third-order valence-corrected chi connectivity index (χ3v) is 4.66. The summed E-state index contributed by atoms with van der Waals surface area (Å²) in [6, 6.07) is 7.35. The summed E-state index contributed by atoms with van der Waals surface area (Å²) in [5, 5.41) is 5.94. The van der Waals surface area contributed by atoms with Gasteiger partial charge in [-0.25, -0.2) is 0 Å². The summed E-state index contributed by atoms with van der Waals surface area (Å²) in [6.45, 7) is 1.51. The number of anilines is 1. The highest BCUT2D eigenvalue weighted by molar-refractivity contribution is 5.93. The van der Waals surface area contributed by atoms with Crippen LogP contribution < -0.4 is 15.4 Å². The smallest absolute Gasteiger partial charge is 0.227 e. The highest BCUT2D eigenvalue weighted by Crippen LogP contribution is 2.30. The lowest BCUT2D eigenvalue weighted by atomic mass is 9.81. The number of nitrogens with zero attached hydrogens (tertiary/aromatic N) is 1. The van der Waals surface area contributed by atoms with E-state index >= 15 is 0 Å². The van der Waals surface area contributed by atoms with Gasteiger partial charge in [0.25, 0.3) is 0 Å². The molecule has 1 aromatic carbocycles. The summed E-state index contributed by atoms with van der Waals surface area (Å²) in [5.74, 6) is 0.865. The molecule has 1 aliphatic rings. The zero-order valence-corrected chi connectivity index (χ0v) is 15.4. The standard InChI is InChI=1S/C19H29N3O3/c1-22(2)12-11-20-18(23)14-7-9-15(10-8-14)19(24)21-16-5-4-6-17(13-16)25-3/h4-6,13-15H,7-12H2,1-3H3,(H,20,23)(H,21,24). The van der Waals surface area contributed by atoms with Gasteiger partial charge in [-0.1, -0.05) is 6.07 Å². The number of hydrogen-bond donors (Lipinski definition) is 2. The number of rotatable bonds is 7. The van der Waals surface area contributed by atoms with E-state index in [1.807, 2.05) is 43.3 Å². The first kappa shape index (κ1) is 19.2. The molecule has 2 rings (SSSR count). The van der Waals surface area contributed by atoms with Crippen molar-refractivity contribution in [3.63, 3.8) is 0 Å². The van der Waals surface area contributed by atoms with Gasteiger partial charge in [-0.2, -0.15) is 0 Å². The maximum absolute atomic E-state index is 12.4. The molecule has 0 radical (unpaired) electrons. The van der Waals surface area contributed by atoms with Crippen LogP contribution in [-0.4, -0.2) is 51.0 Å². The summed E-state index contributed by atoms with van der Waals surface area (Å²) in [5.41, 5.74) is 0.743. The van der Waals surface area contributed by atoms with Crippen LogP contribution in [0.5, 0.6) is 5.75 Å². The monoisotopic (exact) mass is 347 g/mol. The van der Waals surface area contributed by atoms with E-state index in [0.29, 0.717) is 6.54 Å². The zero-order chi connectivity index (χ0) is 18.2. The maximum atomic E-state index is 12.4. The summed E-state index contributed by atoms with van der Waals surface area (Å²) < 4.78 is 5.17. The number of carbonyl (C=O) groups is 2. The van der Waals surface area contributed by atoms with Gasteiger partial charge in [-0.05, 0) is 51.9 Å². The lowest BCUT2D eigenvalue weighted by Crippen LogP contribution is -2.38. The highest BCUT2D eigenvalue weighted by Gasteiger charge is 2.29. The molecule has 0 bridgehead atoms. The van der Waals surface area contributed by atoms with Crippen LogP contribution in [0.3, 0.4) is 0 Å². The SMILES string of the molecule is COc1cccc(NC(=O)C2CCC(C(=O)NCCN(C)C)CC2)c1. The number of benzene rings is 1. The minimum atomic E-state index is -0.0305. The van der Waals surface area contributed by atoms with E-state index in [0.717, 1.165) is 43.7 Å². The molecule has 0 atom stereocenters. The number of amides is 2. The average Bonchev–Trinajstić information content (AvgIpc) is 2.61. The second-order valence-corrected chi connectivity index (χ2v) is 6.86. The van der Waals surface area contributed by atoms with Crippen molar-refractivity contribution in [2.75, 3.05) is 39.6 Å². The van der Waals surface area contributed by atoms with Gasteiger partial charge in [0.15, 0.2) is 0 Å². The van der Waals surface area contributed by atoms with Gasteiger partial charge in [0, 0.05) is 36.7 Å². The number of hydrogen-bond acceptors (Lipinski definition) is 4. The number of methoxy groups -OCH3 is 1. The van der Waals surface area contributed by atoms with Gasteiger partial charge in [0.2, 0.25) is 11.8 Å². The lowest BCUT2D eigenvalue weighted by molar-refractivity contribution is -0.128. The van der Waals surface area contributed by atoms with Crippen molar-refractivity contribution in [2.45, 2.75) is 25.7 Å². The molecule has 0 aliphatic heterocycles. The van der Waals surface area contributed by atoms with Crippen LogP contribution in [0.2, 0.25) is 0 Å². The Bertz CT molecular complexity index is 581. The Balaban J connectivity index is 1.77. The third kappa shape index (κ3) is 6.05. The second-order valence-electron chi connectivity index (χ2n) is 6.86. The summed E-state index contributed by atoms with van der Waals surface area (Å²) in [7, 11) is 5.57. The Morgan fingerprint density at radius 1 is 1.12 bits per heavy atom. The normalized spacial score (nSPS) is 20.2. The molecule has 0 saturated heterocycles. The minimum Gasteiger partial charge on any atom is -0.497 e. The van der Waals surface area contributed by atoms with E-state index in [1.54, 1.807) is 7.11 Å². The molecular weight excluding hydrogens is 318 g/mol. The number of likely N-dealkylation sites (N-methyl/N-ethyl adjacent to an activating group) is 1. The third-order valence-electron chi connectivity index (χ3n) is 4.66. The first-order valence-corrected chi connectivity index (χ1v) is 8.87. The predicted molar refractivity (Wildman–Crippen MR) is 98.6 cm³/mol. The van der Waals surface area contributed by atoms with Gasteiger partial charge in [-0.15, -0.1) is 0 Å². The van der Waals surface area contributed by atoms with E-state index in [2.05, 4.69) is 10.6 Å². The van der Waals surface area contributed by atoms with Crippen LogP contribution >= 0.6 is 0 Å². The fourth-order valence-corrected chi connectivity index (χ4v) is 3.11. The molecule has 2 amide bonds. The van der Waals surface area contributed by atoms with E-state index in [9.17, 15) is 9.59 Å². The topological polar surface area (TPSA) is 70.7 Å². The van der Waals surface area contributed by atoms with Crippen LogP contribution in [0.25, 0.3) is 0 Å². The van der Waals surface area contributed by atoms with Crippen LogP contribution in [0.4, 0.5) is 5.69 Å². The number of carbonyl (C=O) groups excluding carboxylic acids is 2. The van der Waals surface area contributed by atoms with E-state index in [4.69, 9.17) is 4.74 Å². The fraction of sp³-hybridized carbons (Fsp3) is 0.579. The molecule has 2 N–H and O–H groups in total. The van der Waals surface area contributed by atoms with Crippen molar-refractivity contribution >= 4 is 17.5 Å². The van der Waals surface area contributed by atoms with Crippen molar-refractivity contribution < 1.29 is 14.3 Å². The quantitative estimate of drug-likeness (QED) is 0.793. The molecule has 0 heterocycles. The molecule has 25 heavy (non-hydrogen) atoms. The lowest BCUT2D eigenvalue weighted by Gasteiger charge is -2.27. The molecule has 6 nitrogen and oxygen atoms in total. The van der Waals surface area contributed by atoms with Gasteiger partial charge >= 0.3 is 0 Å². The van der Waals surface area contributed by atoms with Crippen LogP contribution in [0.15, 0.2) is 24.3 Å². The highest BCUT2D eigenvalue weighted by atomic mass is 16.5. The summed E-state index contributed by atoms with van der Waals surface area (Å²) in [4.78, 5) is 26.6. The Morgan fingerprint density at radius 2 is 1.76 bits per heavy atom. The van der Waals surface area contributed by atoms with Gasteiger partial charge in [0.05, 0.1) is 7.11 Å². The van der Waals surface area contributed by atoms with Crippen LogP contribution in [0.1, 0.15) is 25.7 Å². The number of nitrogens with one attached hydrogen (secondary N) is 2. The minimum absolute atomic E-state index is 0.0275. The Labute approximate surface area is 149 Å². The molecule has 1 aliphatic carbocycles. The Hall–Kier alpha value is -2.08. The molecule has 1 saturated carbocycles. The molecule has 6 heteroatoms. The van der Waals surface area contributed by atoms with Crippen LogP contribution in [-0.2, 0) is 9.59 Å². The largest absolute Gasteiger partial charge is 0.497 e. The molecule has 0 aromatic heterocycles. The average molecular weight is 347 g/mol. The van der Waals surface area contributed by atoms with Gasteiger partial charge in [0.1, 0.15) is 5.75 Å². The Kier molecular flexibility index (Phi) is 7.25. The fourth-order valence-electron chi connectivity index (χ4n) is 3.11. The van der Waals surface area contributed by atoms with E-state index in [1.165, 1.54) is 0 Å². The Morgan fingerprint density at radius 3 is 2.36 bits per heavy atom. The molecule has 1 aromatic rings. The van der Waals surface area contributed by atoms with Gasteiger partial charge in [-0.3, -0.25) is 9.59 Å². The summed E-state index contributed by atoms with van der Waals surface area (Å²) in [6.07, 6.45) is 3.04. The zero-order valence-electron chi connectivity index (χ0n) is 15.4. The van der Waals surface area contributed by atoms with Gasteiger partial charge < -0.3 is 20.3 Å². The molecule has 0 spiro atoms. The van der Waals surface area contributed by atoms with Crippen LogP contribution in [0, 0.1) is 11.8 Å². The molecule has 0 unspecified atom stereocenters. The maximum Gasteiger partial charge on any atom is 0.227 e. The van der Waals surface area contributed by atoms with E-state index in [-0.39, 0.29) is 23.7 Å². The first-order valence-electron chi connectivity index (χ1n) is 8.87. The second kappa shape index (κ2) is 9.42. The van der Waals surface area contributed by atoms with Crippen molar-refractivity contribution in [2.24, 2.45) is 11.8 Å². The predicted octanol–water partition coefficient (Wildman–Crippen LogP) is 2.12. The molecular formula is C19H29N3O3. The number of ether oxygens (including phenoxy) is 1.